The van der Waals surface area contributed by atoms with Gasteiger partial charge in [-0.2, -0.15) is 5.10 Å². The lowest BCUT2D eigenvalue weighted by Crippen LogP contribution is -2.20. The number of aryl methyl sites for hydroxylation is 1. The summed E-state index contributed by atoms with van der Waals surface area (Å²) in [5.74, 6) is 0.761. The Morgan fingerprint density at radius 1 is 1.62 bits per heavy atom. The quantitative estimate of drug-likeness (QED) is 0.828. The summed E-state index contributed by atoms with van der Waals surface area (Å²) in [5.41, 5.74) is 1.84. The standard InChI is InChI=1S/C13H23N3/c1-5-6-16-9-10(8-15-16)12(14-4)11-7-13(11,2)3/h8-9,11-12,14H,5-7H2,1-4H3. The molecule has 0 saturated heterocycles. The van der Waals surface area contributed by atoms with Gasteiger partial charge in [-0.15, -0.1) is 0 Å². The molecule has 2 rings (SSSR count). The van der Waals surface area contributed by atoms with E-state index < -0.39 is 0 Å². The molecule has 1 heterocycles. The van der Waals surface area contributed by atoms with Crippen molar-refractivity contribution in [3.05, 3.63) is 18.0 Å². The van der Waals surface area contributed by atoms with Gasteiger partial charge in [-0.25, -0.2) is 0 Å². The zero-order valence-corrected chi connectivity index (χ0v) is 10.8. The maximum absolute atomic E-state index is 4.41. The van der Waals surface area contributed by atoms with E-state index in [4.69, 9.17) is 0 Å². The van der Waals surface area contributed by atoms with Gasteiger partial charge in [-0.1, -0.05) is 20.8 Å². The van der Waals surface area contributed by atoms with E-state index in [0.29, 0.717) is 11.5 Å². The van der Waals surface area contributed by atoms with Crippen molar-refractivity contribution < 1.29 is 0 Å². The van der Waals surface area contributed by atoms with E-state index >= 15 is 0 Å². The summed E-state index contributed by atoms with van der Waals surface area (Å²) in [5, 5.41) is 7.85. The first-order valence-electron chi connectivity index (χ1n) is 6.28. The van der Waals surface area contributed by atoms with Gasteiger partial charge in [0.2, 0.25) is 0 Å². The first-order valence-corrected chi connectivity index (χ1v) is 6.28. The van der Waals surface area contributed by atoms with Crippen LogP contribution in [0.4, 0.5) is 0 Å². The second-order valence-electron chi connectivity index (χ2n) is 5.60. The molecule has 3 nitrogen and oxygen atoms in total. The van der Waals surface area contributed by atoms with Crippen LogP contribution in [0.15, 0.2) is 12.4 Å². The smallest absolute Gasteiger partial charge is 0.0537 e. The highest BCUT2D eigenvalue weighted by Crippen LogP contribution is 2.57. The molecule has 0 radical (unpaired) electrons. The zero-order valence-electron chi connectivity index (χ0n) is 10.8. The van der Waals surface area contributed by atoms with Crippen molar-refractivity contribution in [2.45, 2.75) is 46.2 Å². The molecule has 0 amide bonds. The van der Waals surface area contributed by atoms with Crippen molar-refractivity contribution >= 4 is 0 Å². The van der Waals surface area contributed by atoms with Crippen molar-refractivity contribution in [2.24, 2.45) is 11.3 Å². The molecule has 0 spiro atoms. The van der Waals surface area contributed by atoms with E-state index in [1.807, 2.05) is 6.20 Å². The summed E-state index contributed by atoms with van der Waals surface area (Å²) in [6.07, 6.45) is 6.67. The Balaban J connectivity index is 2.09. The fourth-order valence-electron chi connectivity index (χ4n) is 2.57. The average Bonchev–Trinajstić information content (AvgIpc) is 2.64. The van der Waals surface area contributed by atoms with Crippen LogP contribution >= 0.6 is 0 Å². The van der Waals surface area contributed by atoms with E-state index in [0.717, 1.165) is 18.9 Å². The van der Waals surface area contributed by atoms with Gasteiger partial charge in [0.05, 0.1) is 6.20 Å². The third kappa shape index (κ3) is 2.14. The fraction of sp³-hybridized carbons (Fsp3) is 0.769. The molecule has 1 aliphatic rings. The van der Waals surface area contributed by atoms with Gasteiger partial charge in [-0.3, -0.25) is 4.68 Å². The van der Waals surface area contributed by atoms with Crippen LogP contribution in [0.25, 0.3) is 0 Å². The van der Waals surface area contributed by atoms with Crippen LogP contribution in [0, 0.1) is 11.3 Å². The van der Waals surface area contributed by atoms with Gasteiger partial charge >= 0.3 is 0 Å². The fourth-order valence-corrected chi connectivity index (χ4v) is 2.57. The molecule has 1 aromatic rings. The molecule has 1 saturated carbocycles. The Morgan fingerprint density at radius 2 is 2.31 bits per heavy atom. The molecular formula is C13H23N3. The minimum absolute atomic E-state index is 0.473. The molecule has 0 bridgehead atoms. The third-order valence-corrected chi connectivity index (χ3v) is 3.77. The summed E-state index contributed by atoms with van der Waals surface area (Å²) in [7, 11) is 2.05. The van der Waals surface area contributed by atoms with Gasteiger partial charge in [0.1, 0.15) is 0 Å². The first-order chi connectivity index (χ1) is 7.58. The van der Waals surface area contributed by atoms with Crippen LogP contribution in [0.2, 0.25) is 0 Å². The Hall–Kier alpha value is -0.830. The number of nitrogens with zero attached hydrogens (tertiary/aromatic N) is 2. The van der Waals surface area contributed by atoms with E-state index in [1.54, 1.807) is 0 Å². The van der Waals surface area contributed by atoms with Gasteiger partial charge in [-0.05, 0) is 31.2 Å². The summed E-state index contributed by atoms with van der Waals surface area (Å²) >= 11 is 0. The minimum atomic E-state index is 0.473. The van der Waals surface area contributed by atoms with Crippen LogP contribution in [-0.4, -0.2) is 16.8 Å². The largest absolute Gasteiger partial charge is 0.313 e. The summed E-state index contributed by atoms with van der Waals surface area (Å²) in [6, 6.07) is 0.473. The molecule has 1 aliphatic carbocycles. The molecule has 16 heavy (non-hydrogen) atoms. The maximum Gasteiger partial charge on any atom is 0.0537 e. The van der Waals surface area contributed by atoms with Gasteiger partial charge in [0.25, 0.3) is 0 Å². The van der Waals surface area contributed by atoms with Crippen molar-refractivity contribution in [3.8, 4) is 0 Å². The van der Waals surface area contributed by atoms with Crippen LogP contribution in [0.3, 0.4) is 0 Å². The molecule has 2 atom stereocenters. The van der Waals surface area contributed by atoms with Crippen molar-refractivity contribution in [2.75, 3.05) is 7.05 Å². The molecule has 0 aliphatic heterocycles. The van der Waals surface area contributed by atoms with Crippen LogP contribution in [0.5, 0.6) is 0 Å². The summed E-state index contributed by atoms with van der Waals surface area (Å²) in [4.78, 5) is 0. The molecule has 1 N–H and O–H groups in total. The van der Waals surface area contributed by atoms with E-state index in [9.17, 15) is 0 Å². The molecule has 1 fully saturated rings. The number of hydrogen-bond acceptors (Lipinski definition) is 2. The van der Waals surface area contributed by atoms with Crippen LogP contribution in [-0.2, 0) is 6.54 Å². The van der Waals surface area contributed by atoms with E-state index in [2.05, 4.69) is 49.1 Å². The molecule has 90 valence electrons. The van der Waals surface area contributed by atoms with Crippen molar-refractivity contribution in [3.63, 3.8) is 0 Å². The van der Waals surface area contributed by atoms with Crippen molar-refractivity contribution in [1.29, 1.82) is 0 Å². The highest BCUT2D eigenvalue weighted by Gasteiger charge is 2.50. The lowest BCUT2D eigenvalue weighted by atomic mass is 10.00. The highest BCUT2D eigenvalue weighted by molar-refractivity contribution is 5.17. The Kier molecular flexibility index (Phi) is 3.06. The third-order valence-electron chi connectivity index (χ3n) is 3.77. The molecular weight excluding hydrogens is 198 g/mol. The van der Waals surface area contributed by atoms with Gasteiger partial charge in [0, 0.05) is 24.3 Å². The molecule has 1 aromatic heterocycles. The average molecular weight is 221 g/mol. The van der Waals surface area contributed by atoms with Crippen LogP contribution in [0.1, 0.15) is 45.2 Å². The number of rotatable bonds is 5. The Bertz CT molecular complexity index is 354. The Morgan fingerprint density at radius 3 is 2.81 bits per heavy atom. The normalized spacial score (nSPS) is 24.4. The van der Waals surface area contributed by atoms with Gasteiger partial charge in [0.15, 0.2) is 0 Å². The predicted octanol–water partition coefficient (Wildman–Crippen LogP) is 2.60. The maximum atomic E-state index is 4.41. The SMILES string of the molecule is CCCn1cc(C(NC)C2CC2(C)C)cn1. The predicted molar refractivity (Wildman–Crippen MR) is 66.2 cm³/mol. The topological polar surface area (TPSA) is 29.9 Å². The molecule has 0 aromatic carbocycles. The second-order valence-corrected chi connectivity index (χ2v) is 5.60. The lowest BCUT2D eigenvalue weighted by molar-refractivity contribution is 0.440. The van der Waals surface area contributed by atoms with E-state index in [-0.39, 0.29) is 0 Å². The molecule has 2 unspecified atom stereocenters. The summed E-state index contributed by atoms with van der Waals surface area (Å²) < 4.78 is 2.05. The number of hydrogen-bond donors (Lipinski definition) is 1. The Labute approximate surface area is 98.2 Å². The first kappa shape index (κ1) is 11.6. The van der Waals surface area contributed by atoms with E-state index in [1.165, 1.54) is 12.0 Å². The zero-order chi connectivity index (χ0) is 11.8. The minimum Gasteiger partial charge on any atom is -0.313 e. The van der Waals surface area contributed by atoms with Crippen molar-refractivity contribution in [1.82, 2.24) is 15.1 Å². The number of aromatic nitrogens is 2. The van der Waals surface area contributed by atoms with Crippen LogP contribution < -0.4 is 5.32 Å². The summed E-state index contributed by atoms with van der Waals surface area (Å²) in [6.45, 7) is 7.89. The second kappa shape index (κ2) is 4.21. The lowest BCUT2D eigenvalue weighted by Gasteiger charge is -2.16. The van der Waals surface area contributed by atoms with Gasteiger partial charge < -0.3 is 5.32 Å². The monoisotopic (exact) mass is 221 g/mol. The molecule has 3 heteroatoms. The number of nitrogens with one attached hydrogen (secondary N) is 1. The highest BCUT2D eigenvalue weighted by atomic mass is 15.3.